The predicted octanol–water partition coefficient (Wildman–Crippen LogP) is 2.07. The number of hydrogen-bond donors (Lipinski definition) is 3. The molecule has 1 amide bonds. The number of aromatic nitrogens is 2. The molecule has 0 aliphatic heterocycles. The standard InChI is InChI=1S/C16H22N4O/c1-3-11(2)15(17)16(21)18-10-12-4-6-13(7-5-12)14-8-9-19-20-14/h4-9,11,15H,3,10,17H2,1-2H3,(H,18,21)(H,19,20). The minimum atomic E-state index is -0.445. The quantitative estimate of drug-likeness (QED) is 0.760. The van der Waals surface area contributed by atoms with Gasteiger partial charge in [-0.1, -0.05) is 44.5 Å². The van der Waals surface area contributed by atoms with Gasteiger partial charge in [0, 0.05) is 12.7 Å². The van der Waals surface area contributed by atoms with Gasteiger partial charge in [0.05, 0.1) is 11.7 Å². The molecule has 1 aromatic heterocycles. The summed E-state index contributed by atoms with van der Waals surface area (Å²) < 4.78 is 0. The Morgan fingerprint density at radius 3 is 2.62 bits per heavy atom. The van der Waals surface area contributed by atoms with Crippen molar-refractivity contribution in [2.24, 2.45) is 11.7 Å². The van der Waals surface area contributed by atoms with E-state index in [1.807, 2.05) is 44.2 Å². The predicted molar refractivity (Wildman–Crippen MR) is 83.3 cm³/mol. The van der Waals surface area contributed by atoms with Crippen LogP contribution in [0.15, 0.2) is 36.5 Å². The summed E-state index contributed by atoms with van der Waals surface area (Å²) in [6.07, 6.45) is 2.62. The van der Waals surface area contributed by atoms with Crippen molar-refractivity contribution in [3.63, 3.8) is 0 Å². The molecular weight excluding hydrogens is 264 g/mol. The molecule has 2 unspecified atom stereocenters. The molecule has 5 nitrogen and oxygen atoms in total. The molecule has 0 fully saturated rings. The number of carbonyl (C=O) groups is 1. The maximum absolute atomic E-state index is 11.9. The van der Waals surface area contributed by atoms with Crippen molar-refractivity contribution >= 4 is 5.91 Å². The van der Waals surface area contributed by atoms with Crippen LogP contribution in [0, 0.1) is 5.92 Å². The Morgan fingerprint density at radius 1 is 1.33 bits per heavy atom. The van der Waals surface area contributed by atoms with Crippen LogP contribution < -0.4 is 11.1 Å². The highest BCUT2D eigenvalue weighted by Gasteiger charge is 2.18. The highest BCUT2D eigenvalue weighted by molar-refractivity contribution is 5.81. The van der Waals surface area contributed by atoms with Crippen molar-refractivity contribution in [3.05, 3.63) is 42.1 Å². The third-order valence-corrected chi connectivity index (χ3v) is 3.79. The third kappa shape index (κ3) is 3.92. The van der Waals surface area contributed by atoms with E-state index >= 15 is 0 Å². The molecule has 0 aliphatic carbocycles. The SMILES string of the molecule is CCC(C)C(N)C(=O)NCc1ccc(-c2ccn[nH]2)cc1. The number of nitrogens with one attached hydrogen (secondary N) is 2. The van der Waals surface area contributed by atoms with Crippen LogP contribution in [0.5, 0.6) is 0 Å². The average Bonchev–Trinajstić information content (AvgIpc) is 3.06. The minimum Gasteiger partial charge on any atom is -0.351 e. The monoisotopic (exact) mass is 286 g/mol. The molecule has 5 heteroatoms. The van der Waals surface area contributed by atoms with E-state index in [0.29, 0.717) is 6.54 Å². The van der Waals surface area contributed by atoms with E-state index in [0.717, 1.165) is 23.2 Å². The molecule has 4 N–H and O–H groups in total. The summed E-state index contributed by atoms with van der Waals surface area (Å²) in [5.74, 6) is 0.0924. The second-order valence-electron chi connectivity index (χ2n) is 5.30. The van der Waals surface area contributed by atoms with Crippen molar-refractivity contribution in [2.45, 2.75) is 32.9 Å². The summed E-state index contributed by atoms with van der Waals surface area (Å²) in [7, 11) is 0. The Bertz CT molecular complexity index is 562. The van der Waals surface area contributed by atoms with Crippen molar-refractivity contribution in [3.8, 4) is 11.3 Å². The topological polar surface area (TPSA) is 83.8 Å². The Kier molecular flexibility index (Phi) is 5.11. The molecule has 2 atom stereocenters. The number of nitrogens with two attached hydrogens (primary N) is 1. The fourth-order valence-electron chi connectivity index (χ4n) is 2.04. The van der Waals surface area contributed by atoms with Crippen LogP contribution in [-0.4, -0.2) is 22.1 Å². The molecule has 21 heavy (non-hydrogen) atoms. The van der Waals surface area contributed by atoms with Crippen molar-refractivity contribution in [1.82, 2.24) is 15.5 Å². The maximum atomic E-state index is 11.9. The molecule has 1 aromatic carbocycles. The zero-order valence-corrected chi connectivity index (χ0v) is 12.5. The van der Waals surface area contributed by atoms with Gasteiger partial charge in [0.1, 0.15) is 0 Å². The number of nitrogens with zero attached hydrogens (tertiary/aromatic N) is 1. The van der Waals surface area contributed by atoms with Gasteiger partial charge in [0.25, 0.3) is 0 Å². The molecule has 0 aliphatic rings. The molecule has 0 bridgehead atoms. The highest BCUT2D eigenvalue weighted by Crippen LogP contribution is 2.16. The molecular formula is C16H22N4O. The van der Waals surface area contributed by atoms with Gasteiger partial charge >= 0.3 is 0 Å². The van der Waals surface area contributed by atoms with Gasteiger partial charge in [0.2, 0.25) is 5.91 Å². The first-order chi connectivity index (χ1) is 10.1. The summed E-state index contributed by atoms with van der Waals surface area (Å²) in [6.45, 7) is 4.52. The van der Waals surface area contributed by atoms with E-state index in [1.165, 1.54) is 0 Å². The lowest BCUT2D eigenvalue weighted by Gasteiger charge is -2.17. The number of carbonyl (C=O) groups excluding carboxylic acids is 1. The van der Waals surface area contributed by atoms with Crippen LogP contribution in [0.2, 0.25) is 0 Å². The molecule has 0 saturated carbocycles. The summed E-state index contributed by atoms with van der Waals surface area (Å²) in [6, 6.07) is 9.46. The first-order valence-corrected chi connectivity index (χ1v) is 7.23. The van der Waals surface area contributed by atoms with Crippen LogP contribution in [0.1, 0.15) is 25.8 Å². The number of hydrogen-bond acceptors (Lipinski definition) is 3. The van der Waals surface area contributed by atoms with E-state index in [-0.39, 0.29) is 11.8 Å². The van der Waals surface area contributed by atoms with Crippen molar-refractivity contribution < 1.29 is 4.79 Å². The van der Waals surface area contributed by atoms with E-state index in [9.17, 15) is 4.79 Å². The maximum Gasteiger partial charge on any atom is 0.237 e. The van der Waals surface area contributed by atoms with Gasteiger partial charge in [0.15, 0.2) is 0 Å². The lowest BCUT2D eigenvalue weighted by atomic mass is 9.99. The Hall–Kier alpha value is -2.14. The van der Waals surface area contributed by atoms with E-state index in [2.05, 4.69) is 15.5 Å². The fourth-order valence-corrected chi connectivity index (χ4v) is 2.04. The molecule has 2 aromatic rings. The van der Waals surface area contributed by atoms with Crippen molar-refractivity contribution in [1.29, 1.82) is 0 Å². The number of benzene rings is 1. The zero-order valence-electron chi connectivity index (χ0n) is 12.5. The number of H-pyrrole nitrogens is 1. The second-order valence-corrected chi connectivity index (χ2v) is 5.30. The lowest BCUT2D eigenvalue weighted by Crippen LogP contribution is -2.44. The summed E-state index contributed by atoms with van der Waals surface area (Å²) in [5, 5.41) is 9.73. The summed E-state index contributed by atoms with van der Waals surface area (Å²) in [5.41, 5.74) is 8.99. The number of aromatic amines is 1. The summed E-state index contributed by atoms with van der Waals surface area (Å²) in [4.78, 5) is 11.9. The normalized spacial score (nSPS) is 13.7. The van der Waals surface area contributed by atoms with Gasteiger partial charge in [-0.05, 0) is 23.1 Å². The Morgan fingerprint density at radius 2 is 2.05 bits per heavy atom. The molecule has 112 valence electrons. The van der Waals surface area contributed by atoms with Gasteiger partial charge in [-0.3, -0.25) is 9.89 Å². The van der Waals surface area contributed by atoms with Crippen LogP contribution in [-0.2, 0) is 11.3 Å². The van der Waals surface area contributed by atoms with Crippen molar-refractivity contribution in [2.75, 3.05) is 0 Å². The fraction of sp³-hybridized carbons (Fsp3) is 0.375. The minimum absolute atomic E-state index is 0.0954. The first kappa shape index (κ1) is 15.3. The second kappa shape index (κ2) is 7.04. The molecule has 1 heterocycles. The van der Waals surface area contributed by atoms with E-state index in [1.54, 1.807) is 6.20 Å². The van der Waals surface area contributed by atoms with E-state index < -0.39 is 6.04 Å². The largest absolute Gasteiger partial charge is 0.351 e. The number of rotatable bonds is 6. The van der Waals surface area contributed by atoms with Gasteiger partial charge in [-0.15, -0.1) is 0 Å². The lowest BCUT2D eigenvalue weighted by molar-refractivity contribution is -0.123. The highest BCUT2D eigenvalue weighted by atomic mass is 16.2. The van der Waals surface area contributed by atoms with Crippen LogP contribution in [0.25, 0.3) is 11.3 Å². The zero-order chi connectivity index (χ0) is 15.2. The molecule has 0 saturated heterocycles. The van der Waals surface area contributed by atoms with Crippen LogP contribution >= 0.6 is 0 Å². The molecule has 2 rings (SSSR count). The average molecular weight is 286 g/mol. The van der Waals surface area contributed by atoms with Gasteiger partial charge < -0.3 is 11.1 Å². The Balaban J connectivity index is 1.91. The molecule has 0 spiro atoms. The smallest absolute Gasteiger partial charge is 0.237 e. The van der Waals surface area contributed by atoms with Gasteiger partial charge in [-0.2, -0.15) is 5.10 Å². The van der Waals surface area contributed by atoms with Crippen LogP contribution in [0.3, 0.4) is 0 Å². The molecule has 0 radical (unpaired) electrons. The van der Waals surface area contributed by atoms with E-state index in [4.69, 9.17) is 5.73 Å². The third-order valence-electron chi connectivity index (χ3n) is 3.79. The number of amides is 1. The Labute approximate surface area is 124 Å². The summed E-state index contributed by atoms with van der Waals surface area (Å²) >= 11 is 0. The first-order valence-electron chi connectivity index (χ1n) is 7.23. The van der Waals surface area contributed by atoms with Gasteiger partial charge in [-0.25, -0.2) is 0 Å². The van der Waals surface area contributed by atoms with Crippen LogP contribution in [0.4, 0.5) is 0 Å².